The van der Waals surface area contributed by atoms with E-state index in [2.05, 4.69) is 35.5 Å². The number of hydrogen-bond donors (Lipinski definition) is 1. The molecular weight excluding hydrogens is 503 g/mol. The van der Waals surface area contributed by atoms with Crippen molar-refractivity contribution >= 4 is 11.6 Å². The van der Waals surface area contributed by atoms with Gasteiger partial charge in [-0.15, -0.1) is 5.10 Å². The zero-order valence-corrected chi connectivity index (χ0v) is 20.3. The van der Waals surface area contributed by atoms with Gasteiger partial charge in [-0.2, -0.15) is 9.67 Å². The molecule has 4 aromatic heterocycles. The van der Waals surface area contributed by atoms with Gasteiger partial charge in [-0.1, -0.05) is 18.5 Å². The third-order valence-electron chi connectivity index (χ3n) is 6.24. The zero-order valence-electron chi connectivity index (χ0n) is 19.5. The van der Waals surface area contributed by atoms with E-state index in [0.29, 0.717) is 35.1 Å². The smallest absolute Gasteiger partial charge is 0.316 e. The number of benzene rings is 1. The van der Waals surface area contributed by atoms with Crippen molar-refractivity contribution in [2.24, 2.45) is 0 Å². The van der Waals surface area contributed by atoms with Crippen molar-refractivity contribution in [3.8, 4) is 34.3 Å². The summed E-state index contributed by atoms with van der Waals surface area (Å²) in [5.41, 5.74) is 1.39. The van der Waals surface area contributed by atoms with Gasteiger partial charge in [0, 0.05) is 18.2 Å². The van der Waals surface area contributed by atoms with Crippen LogP contribution in [0.5, 0.6) is 6.01 Å². The lowest BCUT2D eigenvalue weighted by Crippen LogP contribution is -2.25. The number of imidazole rings is 1. The molecule has 0 saturated heterocycles. The average Bonchev–Trinajstić information content (AvgIpc) is 3.66. The second-order valence-electron chi connectivity index (χ2n) is 8.48. The second-order valence-corrected chi connectivity index (χ2v) is 8.89. The van der Waals surface area contributed by atoms with Crippen LogP contribution in [0.2, 0.25) is 5.02 Å². The molecule has 1 aliphatic heterocycles. The number of nitrogens with zero attached hydrogens (tertiary/aromatic N) is 9. The van der Waals surface area contributed by atoms with E-state index in [4.69, 9.17) is 21.3 Å². The second kappa shape index (κ2) is 8.85. The van der Waals surface area contributed by atoms with Gasteiger partial charge < -0.3 is 9.72 Å². The third kappa shape index (κ3) is 3.83. The number of tetrazole rings is 1. The summed E-state index contributed by atoms with van der Waals surface area (Å²) in [6.45, 7) is 1.96. The summed E-state index contributed by atoms with van der Waals surface area (Å²) in [5, 5.41) is 11.0. The van der Waals surface area contributed by atoms with Gasteiger partial charge in [-0.3, -0.25) is 9.36 Å². The molecule has 1 aromatic carbocycles. The highest BCUT2D eigenvalue weighted by Crippen LogP contribution is 2.39. The number of fused-ring (bicyclic) bond motifs is 1. The van der Waals surface area contributed by atoms with Crippen LogP contribution in [0.3, 0.4) is 0 Å². The van der Waals surface area contributed by atoms with Gasteiger partial charge in [0.05, 0.1) is 52.7 Å². The Morgan fingerprint density at radius 2 is 2.05 bits per heavy atom. The van der Waals surface area contributed by atoms with E-state index in [1.165, 1.54) is 30.3 Å². The van der Waals surface area contributed by atoms with Crippen molar-refractivity contribution in [3.63, 3.8) is 0 Å². The molecule has 37 heavy (non-hydrogen) atoms. The maximum atomic E-state index is 15.3. The topological polar surface area (TPSA) is 142 Å². The lowest BCUT2D eigenvalue weighted by molar-refractivity contribution is 0.380. The number of hydrogen-bond acceptors (Lipinski definition) is 9. The summed E-state index contributed by atoms with van der Waals surface area (Å²) < 4.78 is 23.3. The highest BCUT2D eigenvalue weighted by molar-refractivity contribution is 6.31. The Morgan fingerprint density at radius 1 is 1.19 bits per heavy atom. The number of H-pyrrole nitrogens is 1. The summed E-state index contributed by atoms with van der Waals surface area (Å²) in [5.74, 6) is 0.267. The van der Waals surface area contributed by atoms with E-state index >= 15 is 4.39 Å². The van der Waals surface area contributed by atoms with E-state index in [0.717, 1.165) is 0 Å². The molecular formula is C23H18ClFN10O2. The molecule has 0 bridgehead atoms. The molecule has 6 rings (SSSR count). The predicted molar refractivity (Wildman–Crippen MR) is 129 cm³/mol. The van der Waals surface area contributed by atoms with E-state index < -0.39 is 5.82 Å². The highest BCUT2D eigenvalue weighted by atomic mass is 35.5. The Labute approximate surface area is 213 Å². The molecule has 0 radical (unpaired) electrons. The number of methoxy groups -OCH3 is 1. The van der Waals surface area contributed by atoms with Crippen LogP contribution >= 0.6 is 11.6 Å². The Hall–Kier alpha value is -4.52. The maximum absolute atomic E-state index is 15.3. The van der Waals surface area contributed by atoms with Crippen LogP contribution < -0.4 is 10.3 Å². The van der Waals surface area contributed by atoms with Gasteiger partial charge in [0.2, 0.25) is 0 Å². The molecule has 2 atom stereocenters. The molecule has 5 aromatic rings. The van der Waals surface area contributed by atoms with Gasteiger partial charge in [-0.25, -0.2) is 19.3 Å². The van der Waals surface area contributed by atoms with Crippen molar-refractivity contribution in [2.75, 3.05) is 7.11 Å². The molecule has 0 spiro atoms. The fourth-order valence-electron chi connectivity index (χ4n) is 4.55. The lowest BCUT2D eigenvalue weighted by Gasteiger charge is -2.15. The van der Waals surface area contributed by atoms with E-state index in [9.17, 15) is 4.79 Å². The first-order valence-electron chi connectivity index (χ1n) is 11.2. The summed E-state index contributed by atoms with van der Waals surface area (Å²) in [7, 11) is 1.49. The summed E-state index contributed by atoms with van der Waals surface area (Å²) in [6, 6.07) is 5.83. The van der Waals surface area contributed by atoms with Crippen LogP contribution in [0.4, 0.5) is 4.39 Å². The van der Waals surface area contributed by atoms with Gasteiger partial charge in [0.25, 0.3) is 5.56 Å². The SMILES string of the molecule is COc1nccc(-c2cnc([C@H]3C[C@H](C)c4nc(-c5c(-n6cnnn6)ccc(Cl)c5F)cc(=O)n43)[nH]2)n1. The van der Waals surface area contributed by atoms with E-state index in [1.807, 2.05) is 6.92 Å². The number of nitrogens with one attached hydrogen (secondary N) is 1. The van der Waals surface area contributed by atoms with E-state index in [1.54, 1.807) is 29.1 Å². The molecule has 0 amide bonds. The Kier molecular flexibility index (Phi) is 5.48. The minimum atomic E-state index is -0.718. The van der Waals surface area contributed by atoms with Crippen LogP contribution in [0, 0.1) is 5.82 Å². The quantitative estimate of drug-likeness (QED) is 0.370. The first kappa shape index (κ1) is 22.9. The molecule has 0 fully saturated rings. The van der Waals surface area contributed by atoms with Gasteiger partial charge in [-0.05, 0) is 35.0 Å². The lowest BCUT2D eigenvalue weighted by atomic mass is 10.1. The van der Waals surface area contributed by atoms with Crippen molar-refractivity contribution in [1.82, 2.24) is 49.7 Å². The number of aromatic amines is 1. The fraction of sp³-hybridized carbons (Fsp3) is 0.217. The summed E-state index contributed by atoms with van der Waals surface area (Å²) >= 11 is 6.08. The highest BCUT2D eigenvalue weighted by Gasteiger charge is 2.34. The van der Waals surface area contributed by atoms with E-state index in [-0.39, 0.29) is 39.8 Å². The van der Waals surface area contributed by atoms with Crippen LogP contribution in [-0.2, 0) is 0 Å². The number of rotatable bonds is 5. The molecule has 12 nitrogen and oxygen atoms in total. The fourth-order valence-corrected chi connectivity index (χ4v) is 4.71. The molecule has 186 valence electrons. The van der Waals surface area contributed by atoms with Gasteiger partial charge in [0.1, 0.15) is 18.0 Å². The molecule has 1 aliphatic rings. The van der Waals surface area contributed by atoms with Crippen LogP contribution in [0.1, 0.15) is 37.0 Å². The molecule has 5 heterocycles. The van der Waals surface area contributed by atoms with Gasteiger partial charge in [0.15, 0.2) is 5.82 Å². The Morgan fingerprint density at radius 3 is 2.84 bits per heavy atom. The molecule has 0 saturated carbocycles. The number of ether oxygens (including phenoxy) is 1. The molecule has 0 unspecified atom stereocenters. The van der Waals surface area contributed by atoms with Crippen molar-refractivity contribution in [2.45, 2.75) is 25.3 Å². The predicted octanol–water partition coefficient (Wildman–Crippen LogP) is 2.96. The van der Waals surface area contributed by atoms with Crippen LogP contribution in [0.25, 0.3) is 28.3 Å². The Balaban J connectivity index is 1.43. The normalized spacial score (nSPS) is 16.6. The first-order valence-corrected chi connectivity index (χ1v) is 11.6. The van der Waals surface area contributed by atoms with Crippen molar-refractivity contribution in [3.05, 3.63) is 75.8 Å². The number of aromatic nitrogens is 10. The first-order chi connectivity index (χ1) is 17.9. The monoisotopic (exact) mass is 520 g/mol. The molecule has 1 N–H and O–H groups in total. The third-order valence-corrected chi connectivity index (χ3v) is 6.53. The van der Waals surface area contributed by atoms with Crippen molar-refractivity contribution in [1.29, 1.82) is 0 Å². The molecule has 14 heteroatoms. The summed E-state index contributed by atoms with van der Waals surface area (Å²) in [4.78, 5) is 34.2. The molecule has 0 aliphatic carbocycles. The van der Waals surface area contributed by atoms with Crippen LogP contribution in [-0.4, -0.2) is 56.8 Å². The standard InChI is InChI=1S/C23H18ClFN10O2/c1-11-7-17(21-27-9-15(29-21)13-5-6-26-23(31-13)37-2)35-18(36)8-14(30-22(11)35)19-16(34-10-28-32-33-34)4-3-12(24)20(19)25/h3-6,8-11,17H,7H2,1-2H3,(H,27,29)/t11-,17+/m0/s1. The zero-order chi connectivity index (χ0) is 25.7. The minimum Gasteiger partial charge on any atom is -0.467 e. The van der Waals surface area contributed by atoms with Crippen LogP contribution in [0.15, 0.2) is 47.8 Å². The minimum absolute atomic E-state index is 0.0361. The number of halogens is 2. The average molecular weight is 521 g/mol. The van der Waals surface area contributed by atoms with Gasteiger partial charge >= 0.3 is 6.01 Å². The largest absolute Gasteiger partial charge is 0.467 e. The maximum Gasteiger partial charge on any atom is 0.316 e. The Bertz CT molecular complexity index is 1680. The van der Waals surface area contributed by atoms with Crippen molar-refractivity contribution < 1.29 is 9.13 Å². The summed E-state index contributed by atoms with van der Waals surface area (Å²) in [6.07, 6.45) is 5.13.